The monoisotopic (exact) mass is 254 g/mol. The highest BCUT2D eigenvalue weighted by Crippen LogP contribution is 2.11. The highest BCUT2D eigenvalue weighted by Gasteiger charge is 2.21. The van der Waals surface area contributed by atoms with E-state index in [0.717, 1.165) is 32.5 Å². The van der Waals surface area contributed by atoms with Crippen LogP contribution in [0.5, 0.6) is 0 Å². The minimum absolute atomic E-state index is 0.107. The molecule has 1 atom stereocenters. The van der Waals surface area contributed by atoms with E-state index in [1.165, 1.54) is 6.92 Å². The summed E-state index contributed by atoms with van der Waals surface area (Å²) in [6, 6.07) is 0.128. The molecule has 0 aromatic carbocycles. The SMILES string of the molecule is CCN1CCCC(NC(=O)C(C)=C(C)C(=O)O)C1. The largest absolute Gasteiger partial charge is 0.478 e. The van der Waals surface area contributed by atoms with E-state index in [0.29, 0.717) is 0 Å². The first-order valence-corrected chi connectivity index (χ1v) is 6.39. The second-order valence-electron chi connectivity index (χ2n) is 4.76. The number of hydrogen-bond donors (Lipinski definition) is 2. The van der Waals surface area contributed by atoms with Gasteiger partial charge in [0.15, 0.2) is 0 Å². The number of nitrogens with zero attached hydrogens (tertiary/aromatic N) is 1. The van der Waals surface area contributed by atoms with Gasteiger partial charge in [0.2, 0.25) is 5.91 Å². The molecule has 5 heteroatoms. The number of likely N-dealkylation sites (N-methyl/N-ethyl adjacent to an activating group) is 1. The Balaban J connectivity index is 2.59. The van der Waals surface area contributed by atoms with Gasteiger partial charge in [-0.2, -0.15) is 0 Å². The van der Waals surface area contributed by atoms with Crippen molar-refractivity contribution in [1.82, 2.24) is 10.2 Å². The normalized spacial score (nSPS) is 22.3. The Morgan fingerprint density at radius 1 is 1.33 bits per heavy atom. The Morgan fingerprint density at radius 2 is 2.00 bits per heavy atom. The number of amides is 1. The van der Waals surface area contributed by atoms with Crippen LogP contribution in [0.2, 0.25) is 0 Å². The zero-order valence-electron chi connectivity index (χ0n) is 11.3. The summed E-state index contributed by atoms with van der Waals surface area (Å²) < 4.78 is 0. The van der Waals surface area contributed by atoms with Crippen molar-refractivity contribution in [3.63, 3.8) is 0 Å². The van der Waals surface area contributed by atoms with Crippen molar-refractivity contribution in [2.45, 2.75) is 39.7 Å². The Labute approximate surface area is 108 Å². The summed E-state index contributed by atoms with van der Waals surface area (Å²) in [5.74, 6) is -1.31. The van der Waals surface area contributed by atoms with Crippen molar-refractivity contribution in [3.8, 4) is 0 Å². The lowest BCUT2D eigenvalue weighted by atomic mass is 10.0. The first-order valence-electron chi connectivity index (χ1n) is 6.39. The van der Waals surface area contributed by atoms with Crippen LogP contribution >= 0.6 is 0 Å². The van der Waals surface area contributed by atoms with Crippen LogP contribution in [0.3, 0.4) is 0 Å². The van der Waals surface area contributed by atoms with Crippen LogP contribution in [0, 0.1) is 0 Å². The van der Waals surface area contributed by atoms with E-state index in [-0.39, 0.29) is 23.1 Å². The summed E-state index contributed by atoms with van der Waals surface area (Å²) in [6.45, 7) is 8.02. The number of hydrogen-bond acceptors (Lipinski definition) is 3. The predicted molar refractivity (Wildman–Crippen MR) is 69.3 cm³/mol. The molecule has 0 aromatic rings. The zero-order chi connectivity index (χ0) is 13.7. The molecule has 1 saturated heterocycles. The molecule has 1 unspecified atom stereocenters. The van der Waals surface area contributed by atoms with E-state index in [4.69, 9.17) is 5.11 Å². The molecule has 5 nitrogen and oxygen atoms in total. The van der Waals surface area contributed by atoms with E-state index < -0.39 is 5.97 Å². The third kappa shape index (κ3) is 3.84. The molecule has 0 radical (unpaired) electrons. The van der Waals surface area contributed by atoms with Gasteiger partial charge in [-0.3, -0.25) is 4.79 Å². The van der Waals surface area contributed by atoms with Gasteiger partial charge in [0, 0.05) is 23.7 Å². The van der Waals surface area contributed by atoms with Crippen LogP contribution in [-0.2, 0) is 9.59 Å². The summed E-state index contributed by atoms with van der Waals surface area (Å²) >= 11 is 0. The minimum Gasteiger partial charge on any atom is -0.478 e. The van der Waals surface area contributed by atoms with Crippen molar-refractivity contribution in [3.05, 3.63) is 11.1 Å². The fourth-order valence-electron chi connectivity index (χ4n) is 2.08. The van der Waals surface area contributed by atoms with E-state index >= 15 is 0 Å². The first kappa shape index (κ1) is 14.7. The highest BCUT2D eigenvalue weighted by molar-refractivity contribution is 6.01. The summed E-state index contributed by atoms with van der Waals surface area (Å²) in [6.07, 6.45) is 2.03. The average Bonchev–Trinajstić information content (AvgIpc) is 2.36. The molecule has 1 rings (SSSR count). The van der Waals surface area contributed by atoms with Gasteiger partial charge < -0.3 is 15.3 Å². The molecule has 0 saturated carbocycles. The van der Waals surface area contributed by atoms with E-state index in [1.807, 2.05) is 0 Å². The van der Waals surface area contributed by atoms with E-state index in [1.54, 1.807) is 6.92 Å². The van der Waals surface area contributed by atoms with Crippen LogP contribution < -0.4 is 5.32 Å². The second kappa shape index (κ2) is 6.54. The molecule has 1 aliphatic rings. The van der Waals surface area contributed by atoms with Gasteiger partial charge in [-0.25, -0.2) is 4.79 Å². The maximum atomic E-state index is 11.9. The minimum atomic E-state index is -1.04. The van der Waals surface area contributed by atoms with Crippen molar-refractivity contribution in [1.29, 1.82) is 0 Å². The summed E-state index contributed by atoms with van der Waals surface area (Å²) in [7, 11) is 0. The number of likely N-dealkylation sites (tertiary alicyclic amines) is 1. The number of carbonyl (C=O) groups excluding carboxylic acids is 1. The topological polar surface area (TPSA) is 69.6 Å². The van der Waals surface area contributed by atoms with Gasteiger partial charge in [0.1, 0.15) is 0 Å². The number of rotatable bonds is 4. The molecular formula is C13H22N2O3. The van der Waals surface area contributed by atoms with Gasteiger partial charge in [-0.15, -0.1) is 0 Å². The Hall–Kier alpha value is -1.36. The molecule has 0 spiro atoms. The van der Waals surface area contributed by atoms with Crippen molar-refractivity contribution in [2.24, 2.45) is 0 Å². The van der Waals surface area contributed by atoms with E-state index in [9.17, 15) is 9.59 Å². The standard InChI is InChI=1S/C13H22N2O3/c1-4-15-7-5-6-11(8-15)14-12(16)9(2)10(3)13(17)18/h11H,4-8H2,1-3H3,(H,14,16)(H,17,18). The second-order valence-corrected chi connectivity index (χ2v) is 4.76. The van der Waals surface area contributed by atoms with E-state index in [2.05, 4.69) is 17.1 Å². The highest BCUT2D eigenvalue weighted by atomic mass is 16.4. The Kier molecular flexibility index (Phi) is 5.34. The summed E-state index contributed by atoms with van der Waals surface area (Å²) in [5.41, 5.74) is 0.395. The first-order chi connectivity index (χ1) is 8.45. The van der Waals surface area contributed by atoms with Crippen LogP contribution in [0.1, 0.15) is 33.6 Å². The van der Waals surface area contributed by atoms with Crippen LogP contribution in [0.25, 0.3) is 0 Å². The number of aliphatic carboxylic acids is 1. The molecule has 2 N–H and O–H groups in total. The predicted octanol–water partition coefficient (Wildman–Crippen LogP) is 1.01. The fourth-order valence-corrected chi connectivity index (χ4v) is 2.08. The fraction of sp³-hybridized carbons (Fsp3) is 0.692. The molecule has 0 aromatic heterocycles. The Morgan fingerprint density at radius 3 is 2.56 bits per heavy atom. The maximum absolute atomic E-state index is 11.9. The van der Waals surface area contributed by atoms with Crippen LogP contribution in [-0.4, -0.2) is 47.6 Å². The summed E-state index contributed by atoms with van der Waals surface area (Å²) in [4.78, 5) is 25.0. The smallest absolute Gasteiger partial charge is 0.331 e. The number of carboxylic acid groups (broad SMARTS) is 1. The Bertz CT molecular complexity index is 363. The van der Waals surface area contributed by atoms with Crippen molar-refractivity contribution < 1.29 is 14.7 Å². The molecule has 0 bridgehead atoms. The van der Waals surface area contributed by atoms with Gasteiger partial charge in [0.25, 0.3) is 0 Å². The average molecular weight is 254 g/mol. The molecule has 102 valence electrons. The molecule has 1 heterocycles. The van der Waals surface area contributed by atoms with Gasteiger partial charge >= 0.3 is 5.97 Å². The quantitative estimate of drug-likeness (QED) is 0.735. The zero-order valence-corrected chi connectivity index (χ0v) is 11.3. The van der Waals surface area contributed by atoms with Gasteiger partial charge in [0.05, 0.1) is 0 Å². The van der Waals surface area contributed by atoms with Crippen LogP contribution in [0.15, 0.2) is 11.1 Å². The maximum Gasteiger partial charge on any atom is 0.331 e. The lowest BCUT2D eigenvalue weighted by Crippen LogP contribution is -2.47. The van der Waals surface area contributed by atoms with Crippen LogP contribution in [0.4, 0.5) is 0 Å². The van der Waals surface area contributed by atoms with Gasteiger partial charge in [-0.1, -0.05) is 6.92 Å². The number of nitrogens with one attached hydrogen (secondary N) is 1. The molecule has 0 aliphatic carbocycles. The lowest BCUT2D eigenvalue weighted by molar-refractivity contribution is -0.133. The third-order valence-electron chi connectivity index (χ3n) is 3.51. The van der Waals surface area contributed by atoms with Crippen molar-refractivity contribution in [2.75, 3.05) is 19.6 Å². The number of piperidine rings is 1. The number of carboxylic acids is 1. The third-order valence-corrected chi connectivity index (χ3v) is 3.51. The number of carbonyl (C=O) groups is 2. The molecular weight excluding hydrogens is 232 g/mol. The van der Waals surface area contributed by atoms with Crippen molar-refractivity contribution >= 4 is 11.9 Å². The molecule has 1 aliphatic heterocycles. The summed E-state index contributed by atoms with van der Waals surface area (Å²) in [5, 5.41) is 11.8. The lowest BCUT2D eigenvalue weighted by Gasteiger charge is -2.32. The molecule has 1 amide bonds. The molecule has 18 heavy (non-hydrogen) atoms. The van der Waals surface area contributed by atoms with Gasteiger partial charge in [-0.05, 0) is 39.8 Å². The molecule has 1 fully saturated rings.